The molecule has 0 aromatic carbocycles. The molecule has 5 heterocycles. The Morgan fingerprint density at radius 2 is 2.04 bits per heavy atom. The number of hydrogen-bond acceptors (Lipinski definition) is 5. The van der Waals surface area contributed by atoms with E-state index in [1.165, 1.54) is 0 Å². The Labute approximate surface area is 152 Å². The summed E-state index contributed by atoms with van der Waals surface area (Å²) < 4.78 is 6.50. The number of amides is 1. The van der Waals surface area contributed by atoms with Crippen LogP contribution in [0, 0.1) is 23.7 Å². The maximum absolute atomic E-state index is 13.3. The van der Waals surface area contributed by atoms with E-state index < -0.39 is 17.6 Å². The average Bonchev–Trinajstić information content (AvgIpc) is 3.01. The zero-order valence-corrected chi connectivity index (χ0v) is 15.8. The monoisotopic (exact) mass is 363 g/mol. The molecule has 1 spiro atoms. The first-order chi connectivity index (χ1) is 12.0. The van der Waals surface area contributed by atoms with Crippen LogP contribution >= 0.6 is 11.3 Å². The Morgan fingerprint density at radius 3 is 2.80 bits per heavy atom. The van der Waals surface area contributed by atoms with Gasteiger partial charge in [0.05, 0.1) is 5.00 Å². The lowest BCUT2D eigenvalue weighted by Crippen LogP contribution is -2.75. The molecule has 4 aliphatic heterocycles. The van der Waals surface area contributed by atoms with E-state index >= 15 is 0 Å². The van der Waals surface area contributed by atoms with Gasteiger partial charge in [0.15, 0.2) is 11.8 Å². The van der Waals surface area contributed by atoms with Crippen molar-refractivity contribution in [1.82, 2.24) is 0 Å². The number of carbonyl (C=O) groups excluding carboxylic acids is 1. The van der Waals surface area contributed by atoms with Crippen LogP contribution in [0.2, 0.25) is 0 Å². The van der Waals surface area contributed by atoms with Gasteiger partial charge in [0.25, 0.3) is 0 Å². The molecule has 7 atom stereocenters. The van der Waals surface area contributed by atoms with E-state index in [0.717, 1.165) is 30.7 Å². The molecule has 5 aliphatic rings. The lowest BCUT2D eigenvalue weighted by molar-refractivity contribution is -0.534. The summed E-state index contributed by atoms with van der Waals surface area (Å²) in [6.07, 6.45) is 3.54. The van der Waals surface area contributed by atoms with E-state index in [1.54, 1.807) is 11.3 Å². The van der Waals surface area contributed by atoms with E-state index in [9.17, 15) is 4.79 Å². The quantitative estimate of drug-likeness (QED) is 0.709. The van der Waals surface area contributed by atoms with Crippen LogP contribution in [-0.2, 0) is 19.3 Å². The number of ether oxygens (including phenoxy) is 1. The van der Waals surface area contributed by atoms with E-state index in [2.05, 4.69) is 6.92 Å². The van der Waals surface area contributed by atoms with Crippen molar-refractivity contribution in [3.63, 3.8) is 0 Å². The predicted molar refractivity (Wildman–Crippen MR) is 93.8 cm³/mol. The highest BCUT2D eigenvalue weighted by atomic mass is 32.1. The Kier molecular flexibility index (Phi) is 3.43. The van der Waals surface area contributed by atoms with E-state index in [0.29, 0.717) is 11.8 Å². The number of carbonyl (C=O) groups is 1. The maximum Gasteiger partial charge on any atom is 0.233 e. The molecule has 1 aromatic rings. The largest absolute Gasteiger partial charge is 0.320 e. The van der Waals surface area contributed by atoms with Crippen molar-refractivity contribution in [2.75, 3.05) is 4.90 Å². The molecule has 6 rings (SSSR count). The summed E-state index contributed by atoms with van der Waals surface area (Å²) in [5.41, 5.74) is -0.564. The van der Waals surface area contributed by atoms with Gasteiger partial charge in [-0.2, -0.15) is 0 Å². The fraction of sp³-hybridized carbons (Fsp3) is 0.737. The smallest absolute Gasteiger partial charge is 0.233 e. The molecule has 5 fully saturated rings. The maximum atomic E-state index is 13.3. The number of hydrogen-bond donors (Lipinski definition) is 0. The normalized spacial score (nSPS) is 49.0. The van der Waals surface area contributed by atoms with Crippen molar-refractivity contribution in [2.45, 2.75) is 64.1 Å². The molecule has 4 saturated heterocycles. The van der Waals surface area contributed by atoms with Crippen LogP contribution in [0.5, 0.6) is 0 Å². The lowest BCUT2D eigenvalue weighted by Gasteiger charge is -2.61. The standard InChI is InChI=1S/C19H25NO4S/c1-11-6-7-14-12(2)16(21)20(15-5-4-10-25-15)17-19(14)13(11)8-9-18(3,22-17)23-24-19/h4-5,10-14,17H,6-9H2,1-3H3/t11-,12-,13+,14+,17-,18-,19-/m1/s1. The third-order valence-electron chi connectivity index (χ3n) is 7.01. The van der Waals surface area contributed by atoms with Crippen molar-refractivity contribution in [3.8, 4) is 0 Å². The molecule has 25 heavy (non-hydrogen) atoms. The summed E-state index contributed by atoms with van der Waals surface area (Å²) in [5.74, 6) is 0.299. The summed E-state index contributed by atoms with van der Waals surface area (Å²) >= 11 is 1.58. The molecule has 0 N–H and O–H groups in total. The van der Waals surface area contributed by atoms with Gasteiger partial charge in [0.1, 0.15) is 0 Å². The SMILES string of the molecule is C[C@@H]1CC[C@H]2[C@@H](C)C(=O)N(c3cccs3)[C@@H]3O[C@@]4(C)CC[C@@H]1[C@@]23OO4. The van der Waals surface area contributed by atoms with Gasteiger partial charge in [-0.05, 0) is 55.5 Å². The van der Waals surface area contributed by atoms with Gasteiger partial charge in [-0.3, -0.25) is 9.69 Å². The third-order valence-corrected chi connectivity index (χ3v) is 7.87. The fourth-order valence-corrected chi connectivity index (χ4v) is 6.44. The summed E-state index contributed by atoms with van der Waals surface area (Å²) in [5, 5.41) is 2.94. The van der Waals surface area contributed by atoms with Crippen LogP contribution in [0.3, 0.4) is 0 Å². The minimum absolute atomic E-state index is 0.0944. The molecule has 136 valence electrons. The summed E-state index contributed by atoms with van der Waals surface area (Å²) in [6.45, 7) is 6.30. The molecule has 1 saturated carbocycles. The first-order valence-corrected chi connectivity index (χ1v) is 10.3. The Balaban J connectivity index is 1.70. The van der Waals surface area contributed by atoms with Gasteiger partial charge in [0, 0.05) is 18.3 Å². The topological polar surface area (TPSA) is 48.0 Å². The summed E-state index contributed by atoms with van der Waals surface area (Å²) in [6, 6.07) is 3.98. The number of piperidine rings is 1. The first-order valence-electron chi connectivity index (χ1n) is 9.37. The second kappa shape index (κ2) is 5.28. The van der Waals surface area contributed by atoms with Crippen molar-refractivity contribution in [2.24, 2.45) is 23.7 Å². The molecule has 2 bridgehead atoms. The Bertz CT molecular complexity index is 694. The van der Waals surface area contributed by atoms with Gasteiger partial charge < -0.3 is 4.74 Å². The fourth-order valence-electron chi connectivity index (χ4n) is 5.69. The molecule has 5 nitrogen and oxygen atoms in total. The minimum atomic E-state index is -0.784. The van der Waals surface area contributed by atoms with Gasteiger partial charge in [-0.1, -0.05) is 13.8 Å². The highest BCUT2D eigenvalue weighted by Gasteiger charge is 2.70. The molecule has 0 unspecified atom stereocenters. The van der Waals surface area contributed by atoms with Gasteiger partial charge in [-0.15, -0.1) is 11.3 Å². The molecule has 1 aliphatic carbocycles. The van der Waals surface area contributed by atoms with E-state index in [-0.39, 0.29) is 17.7 Å². The molecule has 1 aromatic heterocycles. The van der Waals surface area contributed by atoms with Crippen LogP contribution in [0.25, 0.3) is 0 Å². The molecular formula is C19H25NO4S. The van der Waals surface area contributed by atoms with Gasteiger partial charge in [-0.25, -0.2) is 9.78 Å². The van der Waals surface area contributed by atoms with Gasteiger partial charge in [0.2, 0.25) is 11.7 Å². The number of thiophene rings is 1. The second-order valence-corrected chi connectivity index (χ2v) is 9.30. The van der Waals surface area contributed by atoms with Crippen LogP contribution in [0.1, 0.15) is 46.5 Å². The zero-order chi connectivity index (χ0) is 17.4. The van der Waals surface area contributed by atoms with Crippen LogP contribution in [0.4, 0.5) is 5.00 Å². The van der Waals surface area contributed by atoms with Crippen molar-refractivity contribution in [1.29, 1.82) is 0 Å². The minimum Gasteiger partial charge on any atom is -0.320 e. The van der Waals surface area contributed by atoms with Crippen molar-refractivity contribution in [3.05, 3.63) is 17.5 Å². The first kappa shape index (κ1) is 16.2. The molecular weight excluding hydrogens is 338 g/mol. The van der Waals surface area contributed by atoms with Crippen LogP contribution < -0.4 is 4.90 Å². The number of anilines is 1. The summed E-state index contributed by atoms with van der Waals surface area (Å²) in [7, 11) is 0. The average molecular weight is 363 g/mol. The third kappa shape index (κ3) is 2.02. The van der Waals surface area contributed by atoms with Crippen molar-refractivity contribution >= 4 is 22.2 Å². The molecule has 6 heteroatoms. The molecule has 1 amide bonds. The molecule has 0 radical (unpaired) electrons. The van der Waals surface area contributed by atoms with E-state index in [1.807, 2.05) is 36.3 Å². The van der Waals surface area contributed by atoms with Crippen LogP contribution in [-0.4, -0.2) is 23.5 Å². The highest BCUT2D eigenvalue weighted by Crippen LogP contribution is 2.60. The summed E-state index contributed by atoms with van der Waals surface area (Å²) in [4.78, 5) is 27.3. The number of fused-ring (bicyclic) bond motifs is 2. The second-order valence-electron chi connectivity index (χ2n) is 8.38. The van der Waals surface area contributed by atoms with Crippen molar-refractivity contribution < 1.29 is 19.3 Å². The predicted octanol–water partition coefficient (Wildman–Crippen LogP) is 3.95. The lowest BCUT2D eigenvalue weighted by atomic mass is 9.57. The highest BCUT2D eigenvalue weighted by molar-refractivity contribution is 7.14. The van der Waals surface area contributed by atoms with Crippen LogP contribution in [0.15, 0.2) is 17.5 Å². The number of rotatable bonds is 1. The van der Waals surface area contributed by atoms with E-state index in [4.69, 9.17) is 14.5 Å². The Hall–Kier alpha value is -0.950. The van der Waals surface area contributed by atoms with Gasteiger partial charge >= 0.3 is 0 Å². The Morgan fingerprint density at radius 1 is 1.20 bits per heavy atom. The zero-order valence-electron chi connectivity index (χ0n) is 14.9. The number of nitrogens with zero attached hydrogens (tertiary/aromatic N) is 1.